The van der Waals surface area contributed by atoms with Crippen molar-refractivity contribution in [3.05, 3.63) is 41.6 Å². The number of allylic oxidation sites excluding steroid dienone is 1. The predicted molar refractivity (Wildman–Crippen MR) is 95.0 cm³/mol. The number of fused-ring (bicyclic) bond motifs is 1. The minimum atomic E-state index is -0.188. The zero-order valence-electron chi connectivity index (χ0n) is 14.6. The molecule has 1 heterocycles. The Bertz CT molecular complexity index is 669. The van der Waals surface area contributed by atoms with Crippen LogP contribution in [0.5, 0.6) is 5.75 Å². The van der Waals surface area contributed by atoms with Crippen LogP contribution in [0.25, 0.3) is 0 Å². The van der Waals surface area contributed by atoms with Gasteiger partial charge in [0.05, 0.1) is 7.11 Å². The molecule has 1 saturated heterocycles. The van der Waals surface area contributed by atoms with Gasteiger partial charge >= 0.3 is 6.03 Å². The van der Waals surface area contributed by atoms with Crippen LogP contribution in [-0.2, 0) is 11.3 Å². The fraction of sp³-hybridized carbons (Fsp3) is 0.474. The number of nitrogens with one attached hydrogen (secondary N) is 3. The maximum atomic E-state index is 12.2. The predicted octanol–water partition coefficient (Wildman–Crippen LogP) is 2.46. The molecule has 0 aromatic heterocycles. The maximum absolute atomic E-state index is 12.2. The molecule has 3 rings (SSSR count). The molecular formula is C19H25N3O3. The van der Waals surface area contributed by atoms with Gasteiger partial charge in [-0.15, -0.1) is 0 Å². The summed E-state index contributed by atoms with van der Waals surface area (Å²) >= 11 is 0. The van der Waals surface area contributed by atoms with Crippen LogP contribution in [0, 0.1) is 5.41 Å². The lowest BCUT2D eigenvalue weighted by Crippen LogP contribution is -2.50. The summed E-state index contributed by atoms with van der Waals surface area (Å²) < 4.78 is 5.12. The van der Waals surface area contributed by atoms with Gasteiger partial charge in [-0.2, -0.15) is 0 Å². The van der Waals surface area contributed by atoms with Gasteiger partial charge in [0.25, 0.3) is 0 Å². The van der Waals surface area contributed by atoms with E-state index in [4.69, 9.17) is 4.74 Å². The molecule has 6 heteroatoms. The molecule has 3 amide bonds. The van der Waals surface area contributed by atoms with E-state index in [0.717, 1.165) is 42.7 Å². The van der Waals surface area contributed by atoms with Crippen LogP contribution < -0.4 is 20.7 Å². The number of amides is 3. The van der Waals surface area contributed by atoms with Gasteiger partial charge in [-0.05, 0) is 43.4 Å². The summed E-state index contributed by atoms with van der Waals surface area (Å²) in [6.45, 7) is 1.01. The largest absolute Gasteiger partial charge is 0.497 e. The molecule has 1 aliphatic heterocycles. The maximum Gasteiger partial charge on any atom is 0.315 e. The van der Waals surface area contributed by atoms with Crippen molar-refractivity contribution in [3.8, 4) is 5.75 Å². The second-order valence-corrected chi connectivity index (χ2v) is 6.72. The van der Waals surface area contributed by atoms with Gasteiger partial charge in [0.1, 0.15) is 5.75 Å². The van der Waals surface area contributed by atoms with Crippen LogP contribution in [0.3, 0.4) is 0 Å². The zero-order chi connectivity index (χ0) is 17.7. The lowest BCUT2D eigenvalue weighted by Gasteiger charge is -2.42. The van der Waals surface area contributed by atoms with Crippen molar-refractivity contribution in [2.45, 2.75) is 38.6 Å². The van der Waals surface area contributed by atoms with Gasteiger partial charge in [-0.1, -0.05) is 18.2 Å². The number of carbonyl (C=O) groups is 2. The Morgan fingerprint density at radius 1 is 1.24 bits per heavy atom. The average molecular weight is 343 g/mol. The van der Waals surface area contributed by atoms with Gasteiger partial charge in [0.2, 0.25) is 5.91 Å². The molecule has 0 saturated carbocycles. The first-order chi connectivity index (χ1) is 12.1. The van der Waals surface area contributed by atoms with Crippen molar-refractivity contribution in [1.82, 2.24) is 16.0 Å². The number of hydrogen-bond donors (Lipinski definition) is 3. The van der Waals surface area contributed by atoms with E-state index in [1.807, 2.05) is 24.3 Å². The zero-order valence-corrected chi connectivity index (χ0v) is 14.6. The summed E-state index contributed by atoms with van der Waals surface area (Å²) in [6, 6.07) is 7.41. The van der Waals surface area contributed by atoms with Crippen molar-refractivity contribution in [1.29, 1.82) is 0 Å². The Hall–Kier alpha value is -2.50. The number of benzene rings is 1. The van der Waals surface area contributed by atoms with E-state index in [2.05, 4.69) is 22.0 Å². The summed E-state index contributed by atoms with van der Waals surface area (Å²) in [5.41, 5.74) is 1.88. The first kappa shape index (κ1) is 17.3. The third kappa shape index (κ3) is 4.13. The molecule has 1 aromatic carbocycles. The molecule has 1 fully saturated rings. The van der Waals surface area contributed by atoms with E-state index < -0.39 is 0 Å². The highest BCUT2D eigenvalue weighted by Gasteiger charge is 2.40. The normalized spacial score (nSPS) is 22.3. The van der Waals surface area contributed by atoms with Crippen molar-refractivity contribution in [2.75, 3.05) is 13.7 Å². The van der Waals surface area contributed by atoms with Crippen molar-refractivity contribution >= 4 is 11.9 Å². The first-order valence-corrected chi connectivity index (χ1v) is 8.76. The second-order valence-electron chi connectivity index (χ2n) is 6.72. The molecule has 6 nitrogen and oxygen atoms in total. The minimum Gasteiger partial charge on any atom is -0.497 e. The van der Waals surface area contributed by atoms with Gasteiger partial charge in [0, 0.05) is 30.6 Å². The van der Waals surface area contributed by atoms with Crippen LogP contribution >= 0.6 is 0 Å². The summed E-state index contributed by atoms with van der Waals surface area (Å²) in [7, 11) is 1.63. The van der Waals surface area contributed by atoms with Crippen LogP contribution in [0.15, 0.2) is 36.0 Å². The Balaban J connectivity index is 1.51. The summed E-state index contributed by atoms with van der Waals surface area (Å²) in [5.74, 6) is 0.871. The van der Waals surface area contributed by atoms with E-state index in [1.54, 1.807) is 7.11 Å². The average Bonchev–Trinajstić information content (AvgIpc) is 2.65. The fourth-order valence-corrected chi connectivity index (χ4v) is 3.56. The summed E-state index contributed by atoms with van der Waals surface area (Å²) in [5, 5.41) is 8.85. The number of urea groups is 1. The highest BCUT2D eigenvalue weighted by Crippen LogP contribution is 2.42. The number of rotatable bonds is 5. The number of carbonyl (C=O) groups excluding carboxylic acids is 2. The van der Waals surface area contributed by atoms with E-state index >= 15 is 0 Å². The lowest BCUT2D eigenvalue weighted by atomic mass is 9.70. The Morgan fingerprint density at radius 3 is 2.80 bits per heavy atom. The molecule has 134 valence electrons. The summed E-state index contributed by atoms with van der Waals surface area (Å²) in [4.78, 5) is 23.8. The van der Waals surface area contributed by atoms with E-state index in [0.29, 0.717) is 19.5 Å². The Morgan fingerprint density at radius 2 is 2.04 bits per heavy atom. The molecule has 0 radical (unpaired) electrons. The Labute approximate surface area is 148 Å². The molecule has 25 heavy (non-hydrogen) atoms. The molecule has 3 N–H and O–H groups in total. The molecule has 1 atom stereocenters. The standard InChI is InChI=1S/C19H25N3O3/c1-25-15-7-5-14(6-8-15)12-20-18(24)21-13-19-10-3-2-4-16(19)22-17(23)9-11-19/h4-8H,2-3,9-13H2,1H3,(H,22,23)(H2,20,21,24). The van der Waals surface area contributed by atoms with Gasteiger partial charge < -0.3 is 20.7 Å². The third-order valence-electron chi connectivity index (χ3n) is 5.08. The van der Waals surface area contributed by atoms with E-state index in [1.165, 1.54) is 0 Å². The van der Waals surface area contributed by atoms with Gasteiger partial charge in [-0.25, -0.2) is 4.79 Å². The van der Waals surface area contributed by atoms with Crippen LogP contribution in [0.1, 0.15) is 37.7 Å². The van der Waals surface area contributed by atoms with Crippen molar-refractivity contribution < 1.29 is 14.3 Å². The monoisotopic (exact) mass is 343 g/mol. The first-order valence-electron chi connectivity index (χ1n) is 8.76. The number of ether oxygens (including phenoxy) is 1. The van der Waals surface area contributed by atoms with Crippen LogP contribution in [0.4, 0.5) is 4.79 Å². The van der Waals surface area contributed by atoms with E-state index in [-0.39, 0.29) is 17.4 Å². The summed E-state index contributed by atoms with van der Waals surface area (Å²) in [6.07, 6.45) is 6.50. The van der Waals surface area contributed by atoms with Crippen LogP contribution in [-0.4, -0.2) is 25.6 Å². The van der Waals surface area contributed by atoms with Gasteiger partial charge in [0.15, 0.2) is 0 Å². The molecule has 1 unspecified atom stereocenters. The Kier molecular flexibility index (Phi) is 5.26. The third-order valence-corrected chi connectivity index (χ3v) is 5.08. The van der Waals surface area contributed by atoms with Gasteiger partial charge in [-0.3, -0.25) is 4.79 Å². The highest BCUT2D eigenvalue weighted by molar-refractivity contribution is 5.80. The molecule has 0 bridgehead atoms. The highest BCUT2D eigenvalue weighted by atomic mass is 16.5. The lowest BCUT2D eigenvalue weighted by molar-refractivity contribution is -0.122. The molecule has 1 aromatic rings. The minimum absolute atomic E-state index is 0.0766. The topological polar surface area (TPSA) is 79.5 Å². The molecular weight excluding hydrogens is 318 g/mol. The number of methoxy groups -OCH3 is 1. The van der Waals surface area contributed by atoms with Crippen molar-refractivity contribution in [3.63, 3.8) is 0 Å². The quantitative estimate of drug-likeness (QED) is 0.768. The second kappa shape index (κ2) is 7.59. The number of hydrogen-bond acceptors (Lipinski definition) is 3. The molecule has 2 aliphatic rings. The SMILES string of the molecule is COc1ccc(CNC(=O)NCC23CCCC=C2NC(=O)CC3)cc1. The van der Waals surface area contributed by atoms with E-state index in [9.17, 15) is 9.59 Å². The van der Waals surface area contributed by atoms with Crippen molar-refractivity contribution in [2.24, 2.45) is 5.41 Å². The van der Waals surface area contributed by atoms with Crippen LogP contribution in [0.2, 0.25) is 0 Å². The number of piperidine rings is 1. The fourth-order valence-electron chi connectivity index (χ4n) is 3.56. The molecule has 1 aliphatic carbocycles. The molecule has 0 spiro atoms. The smallest absolute Gasteiger partial charge is 0.315 e.